The summed E-state index contributed by atoms with van der Waals surface area (Å²) in [5.41, 5.74) is 9.02. The number of nitrogen functional groups attached to an aromatic ring is 1. The third-order valence-electron chi connectivity index (χ3n) is 8.62. The first-order chi connectivity index (χ1) is 19.2. The van der Waals surface area contributed by atoms with Crippen LogP contribution in [0, 0.1) is 5.92 Å². The molecular formula is C30H36N8O. The van der Waals surface area contributed by atoms with Gasteiger partial charge in [-0.25, -0.2) is 14.6 Å². The van der Waals surface area contributed by atoms with Crippen LogP contribution in [-0.4, -0.2) is 81.4 Å². The van der Waals surface area contributed by atoms with Gasteiger partial charge in [0.25, 0.3) is 0 Å². The van der Waals surface area contributed by atoms with E-state index in [1.165, 1.54) is 39.1 Å². The van der Waals surface area contributed by atoms with Crippen LogP contribution in [-0.2, 0) is 0 Å². The van der Waals surface area contributed by atoms with Crippen LogP contribution >= 0.6 is 0 Å². The number of piperidine rings is 1. The number of fused-ring (bicyclic) bond motifs is 1. The van der Waals surface area contributed by atoms with Gasteiger partial charge in [0.2, 0.25) is 0 Å². The number of benzene rings is 2. The van der Waals surface area contributed by atoms with E-state index in [1.807, 2.05) is 54.6 Å². The van der Waals surface area contributed by atoms with Crippen molar-refractivity contribution in [3.63, 3.8) is 0 Å². The number of aromatic nitrogens is 4. The normalized spacial score (nSPS) is 21.4. The number of nitrogens with one attached hydrogen (secondary N) is 1. The maximum atomic E-state index is 6.39. The number of hydrogen-bond acceptors (Lipinski definition) is 8. The molecule has 0 bridgehead atoms. The molecule has 39 heavy (non-hydrogen) atoms. The predicted molar refractivity (Wildman–Crippen MR) is 153 cm³/mol. The lowest BCUT2D eigenvalue weighted by Gasteiger charge is -2.36. The molecule has 3 fully saturated rings. The number of para-hydroxylation sites is 1. The van der Waals surface area contributed by atoms with E-state index >= 15 is 0 Å². The van der Waals surface area contributed by atoms with E-state index in [0.717, 1.165) is 65.6 Å². The van der Waals surface area contributed by atoms with Crippen molar-refractivity contribution in [1.82, 2.24) is 34.9 Å². The van der Waals surface area contributed by atoms with Crippen LogP contribution in [0.5, 0.6) is 11.5 Å². The van der Waals surface area contributed by atoms with Gasteiger partial charge in [0.15, 0.2) is 5.65 Å². The molecule has 9 nitrogen and oxygen atoms in total. The minimum atomic E-state index is 0.297. The number of nitrogens with two attached hydrogens (primary N) is 1. The highest BCUT2D eigenvalue weighted by molar-refractivity contribution is 5.98. The molecule has 4 aromatic rings. The van der Waals surface area contributed by atoms with Crippen molar-refractivity contribution in [2.75, 3.05) is 51.5 Å². The van der Waals surface area contributed by atoms with Gasteiger partial charge in [0, 0.05) is 50.9 Å². The minimum absolute atomic E-state index is 0.297. The first-order valence-corrected chi connectivity index (χ1v) is 14.2. The summed E-state index contributed by atoms with van der Waals surface area (Å²) in [6.45, 7) is 8.26. The maximum Gasteiger partial charge on any atom is 0.164 e. The Morgan fingerprint density at radius 3 is 2.36 bits per heavy atom. The second-order valence-electron chi connectivity index (χ2n) is 11.2. The van der Waals surface area contributed by atoms with E-state index < -0.39 is 0 Å². The van der Waals surface area contributed by atoms with Crippen LogP contribution in [0.2, 0.25) is 0 Å². The van der Waals surface area contributed by atoms with Crippen LogP contribution in [0.1, 0.15) is 25.3 Å². The molecule has 7 rings (SSSR count). The summed E-state index contributed by atoms with van der Waals surface area (Å²) >= 11 is 0. The van der Waals surface area contributed by atoms with Gasteiger partial charge >= 0.3 is 0 Å². The van der Waals surface area contributed by atoms with Gasteiger partial charge in [-0.15, -0.1) is 0 Å². The highest BCUT2D eigenvalue weighted by atomic mass is 16.5. The topological polar surface area (TPSA) is 97.4 Å². The van der Waals surface area contributed by atoms with Crippen molar-refractivity contribution >= 4 is 16.9 Å². The zero-order valence-corrected chi connectivity index (χ0v) is 22.2. The van der Waals surface area contributed by atoms with E-state index in [9.17, 15) is 0 Å². The molecule has 9 heteroatoms. The van der Waals surface area contributed by atoms with Gasteiger partial charge in [-0.05, 0) is 68.1 Å². The molecule has 0 saturated carbocycles. The van der Waals surface area contributed by atoms with Crippen LogP contribution in [0.25, 0.3) is 22.3 Å². The summed E-state index contributed by atoms with van der Waals surface area (Å²) in [5, 5.41) is 9.33. The fourth-order valence-corrected chi connectivity index (χ4v) is 6.37. The predicted octanol–water partition coefficient (Wildman–Crippen LogP) is 3.80. The first kappa shape index (κ1) is 24.5. The average Bonchev–Trinajstić information content (AvgIpc) is 3.58. The van der Waals surface area contributed by atoms with Crippen molar-refractivity contribution in [3.8, 4) is 22.8 Å². The molecular weight excluding hydrogens is 488 g/mol. The molecule has 2 aromatic carbocycles. The molecule has 1 atom stereocenters. The van der Waals surface area contributed by atoms with Gasteiger partial charge in [-0.1, -0.05) is 18.2 Å². The zero-order valence-electron chi connectivity index (χ0n) is 22.2. The Morgan fingerprint density at radius 1 is 0.872 bits per heavy atom. The average molecular weight is 525 g/mol. The highest BCUT2D eigenvalue weighted by Crippen LogP contribution is 2.35. The molecule has 3 saturated heterocycles. The van der Waals surface area contributed by atoms with Crippen LogP contribution in [0.15, 0.2) is 60.9 Å². The second-order valence-corrected chi connectivity index (χ2v) is 11.2. The van der Waals surface area contributed by atoms with Crippen LogP contribution in [0.4, 0.5) is 5.82 Å². The fraction of sp³-hybridized carbons (Fsp3) is 0.433. The first-order valence-electron chi connectivity index (χ1n) is 14.2. The highest BCUT2D eigenvalue weighted by Gasteiger charge is 2.33. The van der Waals surface area contributed by atoms with E-state index in [-0.39, 0.29) is 0 Å². The number of rotatable bonds is 7. The number of ether oxygens (including phenoxy) is 1. The van der Waals surface area contributed by atoms with E-state index in [4.69, 9.17) is 15.6 Å². The van der Waals surface area contributed by atoms with Gasteiger partial charge in [0.05, 0.1) is 11.4 Å². The van der Waals surface area contributed by atoms with E-state index in [0.29, 0.717) is 17.9 Å². The smallest absolute Gasteiger partial charge is 0.164 e. The summed E-state index contributed by atoms with van der Waals surface area (Å²) < 4.78 is 8.09. The SMILES string of the molecule is Nc1ncnc2c1c(-c1ccc(Oc3ccccc3)cc1)nn2C1CCN(C2CCN(CC3CNC3)C2)CC1. The number of anilines is 1. The lowest BCUT2D eigenvalue weighted by atomic mass is 10.0. The number of likely N-dealkylation sites (tertiary alicyclic amines) is 2. The lowest BCUT2D eigenvalue weighted by molar-refractivity contribution is 0.128. The van der Waals surface area contributed by atoms with E-state index in [2.05, 4.69) is 29.8 Å². The molecule has 5 heterocycles. The molecule has 1 unspecified atom stereocenters. The Hall–Kier alpha value is -3.53. The standard InChI is InChI=1S/C30H36N8O/c31-29-27-28(22-6-8-26(9-7-22)39-25-4-2-1-3-5-25)35-38(30(27)34-20-33-29)23-11-14-37(15-12-23)24-10-13-36(19-24)18-21-16-32-17-21/h1-9,20-21,23-24,32H,10-19H2,(H2,31,33,34). The molecule has 3 aliphatic rings. The van der Waals surface area contributed by atoms with Crippen molar-refractivity contribution in [3.05, 3.63) is 60.9 Å². The molecule has 202 valence electrons. The van der Waals surface area contributed by atoms with Gasteiger partial charge in [-0.3, -0.25) is 4.90 Å². The molecule has 0 amide bonds. The van der Waals surface area contributed by atoms with Gasteiger partial charge < -0.3 is 20.7 Å². The molecule has 3 N–H and O–H groups in total. The summed E-state index contributed by atoms with van der Waals surface area (Å²) in [6, 6.07) is 18.8. The third kappa shape index (κ3) is 4.97. The van der Waals surface area contributed by atoms with Crippen molar-refractivity contribution in [2.24, 2.45) is 5.92 Å². The quantitative estimate of drug-likeness (QED) is 0.377. The molecule has 0 aliphatic carbocycles. The Morgan fingerprint density at radius 2 is 1.62 bits per heavy atom. The van der Waals surface area contributed by atoms with Crippen LogP contribution < -0.4 is 15.8 Å². The molecule has 2 aromatic heterocycles. The summed E-state index contributed by atoms with van der Waals surface area (Å²) in [5.74, 6) is 2.90. The molecule has 3 aliphatic heterocycles. The van der Waals surface area contributed by atoms with Crippen molar-refractivity contribution in [2.45, 2.75) is 31.3 Å². The lowest BCUT2D eigenvalue weighted by Crippen LogP contribution is -2.48. The summed E-state index contributed by atoms with van der Waals surface area (Å²) in [4.78, 5) is 14.3. The summed E-state index contributed by atoms with van der Waals surface area (Å²) in [7, 11) is 0. The fourth-order valence-electron chi connectivity index (χ4n) is 6.37. The Bertz CT molecular complexity index is 1410. The van der Waals surface area contributed by atoms with Gasteiger partial charge in [0.1, 0.15) is 29.3 Å². The number of nitrogens with zero attached hydrogens (tertiary/aromatic N) is 6. The van der Waals surface area contributed by atoms with Crippen molar-refractivity contribution in [1.29, 1.82) is 0 Å². The van der Waals surface area contributed by atoms with Crippen molar-refractivity contribution < 1.29 is 4.74 Å². The maximum absolute atomic E-state index is 6.39. The largest absolute Gasteiger partial charge is 0.457 e. The van der Waals surface area contributed by atoms with E-state index in [1.54, 1.807) is 6.33 Å². The van der Waals surface area contributed by atoms with Crippen LogP contribution in [0.3, 0.4) is 0 Å². The second kappa shape index (κ2) is 10.6. The Balaban J connectivity index is 1.07. The monoisotopic (exact) mass is 524 g/mol. The third-order valence-corrected chi connectivity index (χ3v) is 8.62. The Kier molecular flexibility index (Phi) is 6.64. The minimum Gasteiger partial charge on any atom is -0.457 e. The van der Waals surface area contributed by atoms with Gasteiger partial charge in [-0.2, -0.15) is 5.10 Å². The number of hydrogen-bond donors (Lipinski definition) is 2. The molecule has 0 spiro atoms. The molecule has 0 radical (unpaired) electrons. The Labute approximate surface area is 229 Å². The summed E-state index contributed by atoms with van der Waals surface area (Å²) in [6.07, 6.45) is 4.96. The zero-order chi connectivity index (χ0) is 26.2.